The molecule has 0 saturated carbocycles. The molecule has 1 aliphatic carbocycles. The van der Waals surface area contributed by atoms with E-state index in [0.717, 1.165) is 40.7 Å². The molecule has 2 aromatic carbocycles. The van der Waals surface area contributed by atoms with Crippen LogP contribution in [0.1, 0.15) is 58.2 Å². The largest absolute Gasteiger partial charge is 0.492 e. The first-order valence-corrected chi connectivity index (χ1v) is 11.2. The number of nitrogens with zero attached hydrogens (tertiary/aromatic N) is 2. The van der Waals surface area contributed by atoms with Crippen LogP contribution in [0.5, 0.6) is 11.5 Å². The molecule has 1 aromatic heterocycles. The molecule has 5 rings (SSSR count). The fraction of sp³-hybridized carbons (Fsp3) is 0.269. The normalized spacial score (nSPS) is 18.2. The van der Waals surface area contributed by atoms with Crippen molar-refractivity contribution in [1.82, 2.24) is 4.98 Å². The van der Waals surface area contributed by atoms with E-state index in [2.05, 4.69) is 11.1 Å². The van der Waals surface area contributed by atoms with Crippen molar-refractivity contribution in [2.24, 2.45) is 0 Å². The van der Waals surface area contributed by atoms with Crippen LogP contribution in [0.15, 0.2) is 48.7 Å². The van der Waals surface area contributed by atoms with Crippen LogP contribution >= 0.6 is 11.6 Å². The van der Waals surface area contributed by atoms with Gasteiger partial charge in [-0.2, -0.15) is 5.26 Å². The highest BCUT2D eigenvalue weighted by Crippen LogP contribution is 2.42. The number of pyridine rings is 1. The number of benzene rings is 2. The van der Waals surface area contributed by atoms with Gasteiger partial charge in [0.1, 0.15) is 22.8 Å². The van der Waals surface area contributed by atoms with Crippen LogP contribution in [0.4, 0.5) is 0 Å². The van der Waals surface area contributed by atoms with Crippen LogP contribution in [0.25, 0.3) is 0 Å². The van der Waals surface area contributed by atoms with Crippen LogP contribution in [0, 0.1) is 11.3 Å². The summed E-state index contributed by atoms with van der Waals surface area (Å²) < 4.78 is 12.0. The summed E-state index contributed by atoms with van der Waals surface area (Å²) in [5, 5.41) is 19.2. The predicted molar refractivity (Wildman–Crippen MR) is 122 cm³/mol. The molecule has 7 heteroatoms. The van der Waals surface area contributed by atoms with E-state index < -0.39 is 5.97 Å². The monoisotopic (exact) mass is 460 g/mol. The Morgan fingerprint density at radius 2 is 2.09 bits per heavy atom. The lowest BCUT2D eigenvalue weighted by Gasteiger charge is -2.17. The van der Waals surface area contributed by atoms with E-state index in [1.165, 1.54) is 0 Å². The summed E-state index contributed by atoms with van der Waals surface area (Å²) in [7, 11) is 0. The molecule has 1 aliphatic heterocycles. The smallest absolute Gasteiger partial charge is 0.304 e. The minimum absolute atomic E-state index is 0.0519. The maximum absolute atomic E-state index is 11.1. The maximum atomic E-state index is 11.1. The molecule has 0 fully saturated rings. The van der Waals surface area contributed by atoms with Gasteiger partial charge in [0.15, 0.2) is 0 Å². The summed E-state index contributed by atoms with van der Waals surface area (Å²) in [6, 6.07) is 15.5. The van der Waals surface area contributed by atoms with Gasteiger partial charge in [-0.15, -0.1) is 0 Å². The Balaban J connectivity index is 1.39. The SMILES string of the molecule is N#Cc1ccc2c(c1Cc1ccc(Cl)nc1)CC[C@H]2Oc1ccc2c(c1)OCC2CC(=O)O. The molecule has 166 valence electrons. The zero-order valence-corrected chi connectivity index (χ0v) is 18.5. The second-order valence-electron chi connectivity index (χ2n) is 8.39. The molecule has 0 saturated heterocycles. The minimum atomic E-state index is -0.832. The molecule has 0 spiro atoms. The molecule has 2 aliphatic rings. The number of fused-ring (bicyclic) bond motifs is 2. The number of rotatable bonds is 6. The van der Waals surface area contributed by atoms with E-state index >= 15 is 0 Å². The molecule has 1 N–H and O–H groups in total. The predicted octanol–water partition coefficient (Wildman–Crippen LogP) is 5.21. The number of hydrogen-bond acceptors (Lipinski definition) is 5. The Morgan fingerprint density at radius 1 is 1.24 bits per heavy atom. The summed E-state index contributed by atoms with van der Waals surface area (Å²) in [4.78, 5) is 15.2. The van der Waals surface area contributed by atoms with Crippen molar-refractivity contribution in [3.8, 4) is 17.6 Å². The number of hydrogen-bond donors (Lipinski definition) is 1. The number of carboxylic acids is 1. The van der Waals surface area contributed by atoms with Crippen molar-refractivity contribution in [1.29, 1.82) is 5.26 Å². The molecule has 2 heterocycles. The molecular weight excluding hydrogens is 440 g/mol. The number of carboxylic acid groups (broad SMARTS) is 1. The fourth-order valence-electron chi connectivity index (χ4n) is 4.76. The minimum Gasteiger partial charge on any atom is -0.492 e. The van der Waals surface area contributed by atoms with Gasteiger partial charge in [-0.05, 0) is 53.3 Å². The molecular formula is C26H21ClN2O4. The Labute approximate surface area is 196 Å². The van der Waals surface area contributed by atoms with Gasteiger partial charge in [0.2, 0.25) is 0 Å². The topological polar surface area (TPSA) is 92.4 Å². The van der Waals surface area contributed by atoms with Crippen molar-refractivity contribution in [3.63, 3.8) is 0 Å². The van der Waals surface area contributed by atoms with Gasteiger partial charge in [0, 0.05) is 30.2 Å². The molecule has 1 unspecified atom stereocenters. The van der Waals surface area contributed by atoms with Gasteiger partial charge in [0.25, 0.3) is 0 Å². The lowest BCUT2D eigenvalue weighted by molar-refractivity contribution is -0.137. The van der Waals surface area contributed by atoms with Crippen LogP contribution in [-0.4, -0.2) is 22.7 Å². The molecule has 33 heavy (non-hydrogen) atoms. The Morgan fingerprint density at radius 3 is 2.85 bits per heavy atom. The molecule has 0 bridgehead atoms. The van der Waals surface area contributed by atoms with E-state index in [0.29, 0.717) is 35.2 Å². The lowest BCUT2D eigenvalue weighted by Crippen LogP contribution is -2.07. The number of halogens is 1. The third-order valence-electron chi connectivity index (χ3n) is 6.33. The molecule has 0 amide bonds. The number of nitriles is 1. The van der Waals surface area contributed by atoms with E-state index in [4.69, 9.17) is 26.2 Å². The lowest BCUT2D eigenvalue weighted by atomic mass is 9.93. The highest BCUT2D eigenvalue weighted by atomic mass is 35.5. The molecule has 2 atom stereocenters. The van der Waals surface area contributed by atoms with Crippen molar-refractivity contribution >= 4 is 17.6 Å². The quantitative estimate of drug-likeness (QED) is 0.507. The number of ether oxygens (including phenoxy) is 2. The summed E-state index contributed by atoms with van der Waals surface area (Å²) in [5.74, 6) is 0.414. The molecule has 0 radical (unpaired) electrons. The van der Waals surface area contributed by atoms with E-state index in [-0.39, 0.29) is 18.4 Å². The van der Waals surface area contributed by atoms with Crippen molar-refractivity contribution < 1.29 is 19.4 Å². The Kier molecular flexibility index (Phi) is 5.65. The highest BCUT2D eigenvalue weighted by molar-refractivity contribution is 6.29. The summed E-state index contributed by atoms with van der Waals surface area (Å²) in [6.45, 7) is 0.372. The molecule has 3 aromatic rings. The van der Waals surface area contributed by atoms with Gasteiger partial charge in [-0.3, -0.25) is 4.79 Å². The van der Waals surface area contributed by atoms with Gasteiger partial charge < -0.3 is 14.6 Å². The van der Waals surface area contributed by atoms with Crippen LogP contribution in [-0.2, 0) is 17.6 Å². The van der Waals surface area contributed by atoms with E-state index in [1.807, 2.05) is 36.4 Å². The van der Waals surface area contributed by atoms with Crippen molar-refractivity contribution in [3.05, 3.63) is 87.2 Å². The summed E-state index contributed by atoms with van der Waals surface area (Å²) in [6.07, 6.45) is 3.93. The Hall–Kier alpha value is -3.56. The van der Waals surface area contributed by atoms with Crippen LogP contribution < -0.4 is 9.47 Å². The summed E-state index contributed by atoms with van der Waals surface area (Å²) in [5.41, 5.74) is 5.84. The fourth-order valence-corrected chi connectivity index (χ4v) is 4.87. The number of aromatic nitrogens is 1. The van der Waals surface area contributed by atoms with Crippen LogP contribution in [0.2, 0.25) is 5.15 Å². The number of aliphatic carboxylic acids is 1. The number of carbonyl (C=O) groups is 1. The first-order chi connectivity index (χ1) is 16.0. The third-order valence-corrected chi connectivity index (χ3v) is 6.55. The van der Waals surface area contributed by atoms with Gasteiger partial charge in [-0.25, -0.2) is 4.98 Å². The second-order valence-corrected chi connectivity index (χ2v) is 8.78. The van der Waals surface area contributed by atoms with E-state index in [9.17, 15) is 10.1 Å². The zero-order valence-electron chi connectivity index (χ0n) is 17.8. The van der Waals surface area contributed by atoms with Gasteiger partial charge >= 0.3 is 5.97 Å². The van der Waals surface area contributed by atoms with E-state index in [1.54, 1.807) is 12.3 Å². The molecule has 6 nitrogen and oxygen atoms in total. The second kappa shape index (κ2) is 8.76. The first kappa shape index (κ1) is 21.3. The zero-order chi connectivity index (χ0) is 22.9. The average Bonchev–Trinajstić information content (AvgIpc) is 3.39. The van der Waals surface area contributed by atoms with Gasteiger partial charge in [-0.1, -0.05) is 29.8 Å². The highest BCUT2D eigenvalue weighted by Gasteiger charge is 2.30. The standard InChI is InChI=1S/C26H21ClN2O4/c27-25-8-1-15(13-29-25)9-22-16(12-28)2-4-21-20(22)6-7-23(21)33-18-3-5-19-17(10-26(30)31)14-32-24(19)11-18/h1-5,8,11,13,17,23H,6-7,9-10,14H2,(H,30,31)/t17?,23-/m1/s1. The van der Waals surface area contributed by atoms with Gasteiger partial charge in [0.05, 0.1) is 24.7 Å². The van der Waals surface area contributed by atoms with Crippen molar-refractivity contribution in [2.45, 2.75) is 37.7 Å². The third kappa shape index (κ3) is 4.24. The van der Waals surface area contributed by atoms with Crippen LogP contribution in [0.3, 0.4) is 0 Å². The maximum Gasteiger partial charge on any atom is 0.304 e. The average molecular weight is 461 g/mol. The Bertz CT molecular complexity index is 1270. The summed E-state index contributed by atoms with van der Waals surface area (Å²) >= 11 is 5.91. The van der Waals surface area contributed by atoms with Crippen molar-refractivity contribution in [2.75, 3.05) is 6.61 Å². The first-order valence-electron chi connectivity index (χ1n) is 10.8.